The summed E-state index contributed by atoms with van der Waals surface area (Å²) in [4.78, 5) is 8.12. The quantitative estimate of drug-likeness (QED) is 0.671. The van der Waals surface area contributed by atoms with Crippen LogP contribution in [0.1, 0.15) is 18.3 Å². The Hall–Kier alpha value is -0.340. The molecule has 0 unspecified atom stereocenters. The summed E-state index contributed by atoms with van der Waals surface area (Å²) < 4.78 is 0. The highest BCUT2D eigenvalue weighted by Crippen LogP contribution is 2.11. The van der Waals surface area contributed by atoms with E-state index in [1.54, 1.807) is 6.20 Å². The number of halogens is 2. The van der Waals surface area contributed by atoms with Crippen molar-refractivity contribution in [2.75, 3.05) is 0 Å². The third-order valence-corrected chi connectivity index (χ3v) is 1.90. The molecule has 0 bridgehead atoms. The highest BCUT2D eigenvalue weighted by molar-refractivity contribution is 6.30. The minimum atomic E-state index is 0.386. The summed E-state index contributed by atoms with van der Waals surface area (Å²) in [5, 5.41) is 0.473. The van der Waals surface area contributed by atoms with Gasteiger partial charge in [0.1, 0.15) is 5.15 Å². The number of rotatable bonds is 2. The fraction of sp³-hybridized carbons (Fsp3) is 0.429. The molecule has 4 heteroatoms. The summed E-state index contributed by atoms with van der Waals surface area (Å²) in [6.45, 7) is 1.98. The Morgan fingerprint density at radius 3 is 2.82 bits per heavy atom. The molecule has 0 fully saturated rings. The predicted octanol–water partition coefficient (Wildman–Crippen LogP) is 2.43. The first-order chi connectivity index (χ1) is 5.27. The molecule has 1 rings (SSSR count). The fourth-order valence-electron chi connectivity index (χ4n) is 0.743. The normalized spacial score (nSPS) is 10.1. The molecule has 0 aliphatic carbocycles. The van der Waals surface area contributed by atoms with Crippen LogP contribution in [0.2, 0.25) is 5.15 Å². The van der Waals surface area contributed by atoms with Crippen LogP contribution < -0.4 is 0 Å². The minimum absolute atomic E-state index is 0.386. The first-order valence-electron chi connectivity index (χ1n) is 3.34. The van der Waals surface area contributed by atoms with Gasteiger partial charge in [-0.05, 0) is 6.42 Å². The SMILES string of the molecule is CCc1nc(CCl)cnc1Cl. The highest BCUT2D eigenvalue weighted by Gasteiger charge is 2.01. The number of hydrogen-bond donors (Lipinski definition) is 0. The zero-order chi connectivity index (χ0) is 8.27. The molecule has 0 amide bonds. The summed E-state index contributed by atoms with van der Waals surface area (Å²) in [5.41, 5.74) is 1.58. The molecule has 1 heterocycles. The van der Waals surface area contributed by atoms with Gasteiger partial charge >= 0.3 is 0 Å². The molecule has 1 aromatic rings. The zero-order valence-electron chi connectivity index (χ0n) is 6.14. The van der Waals surface area contributed by atoms with E-state index in [0.717, 1.165) is 17.8 Å². The van der Waals surface area contributed by atoms with Gasteiger partial charge in [0.15, 0.2) is 0 Å². The van der Waals surface area contributed by atoms with Gasteiger partial charge in [-0.3, -0.25) is 4.98 Å². The maximum absolute atomic E-state index is 5.74. The van der Waals surface area contributed by atoms with E-state index in [4.69, 9.17) is 23.2 Å². The Morgan fingerprint density at radius 1 is 1.55 bits per heavy atom. The topological polar surface area (TPSA) is 25.8 Å². The molecule has 0 spiro atoms. The van der Waals surface area contributed by atoms with Crippen molar-refractivity contribution in [1.29, 1.82) is 0 Å². The Labute approximate surface area is 75.6 Å². The van der Waals surface area contributed by atoms with E-state index in [2.05, 4.69) is 9.97 Å². The van der Waals surface area contributed by atoms with Crippen molar-refractivity contribution in [3.8, 4) is 0 Å². The van der Waals surface area contributed by atoms with Crippen LogP contribution >= 0.6 is 23.2 Å². The van der Waals surface area contributed by atoms with E-state index in [-0.39, 0.29) is 0 Å². The number of aromatic nitrogens is 2. The van der Waals surface area contributed by atoms with Crippen LogP contribution in [0.3, 0.4) is 0 Å². The number of nitrogens with zero attached hydrogens (tertiary/aromatic N) is 2. The summed E-state index contributed by atoms with van der Waals surface area (Å²) in [5.74, 6) is 0.386. The van der Waals surface area contributed by atoms with E-state index < -0.39 is 0 Å². The zero-order valence-corrected chi connectivity index (χ0v) is 7.65. The summed E-state index contributed by atoms with van der Waals surface area (Å²) in [6, 6.07) is 0. The third-order valence-electron chi connectivity index (χ3n) is 1.32. The van der Waals surface area contributed by atoms with Gasteiger partial charge in [0.25, 0.3) is 0 Å². The van der Waals surface area contributed by atoms with Crippen molar-refractivity contribution < 1.29 is 0 Å². The molecule has 0 aromatic carbocycles. The van der Waals surface area contributed by atoms with Crippen molar-refractivity contribution >= 4 is 23.2 Å². The predicted molar refractivity (Wildman–Crippen MR) is 46.0 cm³/mol. The van der Waals surface area contributed by atoms with Gasteiger partial charge in [0.2, 0.25) is 0 Å². The van der Waals surface area contributed by atoms with Crippen LogP contribution in [0.4, 0.5) is 0 Å². The van der Waals surface area contributed by atoms with Gasteiger partial charge < -0.3 is 0 Å². The first-order valence-corrected chi connectivity index (χ1v) is 4.25. The van der Waals surface area contributed by atoms with Crippen LogP contribution in [-0.4, -0.2) is 9.97 Å². The minimum Gasteiger partial charge on any atom is -0.252 e. The van der Waals surface area contributed by atoms with E-state index >= 15 is 0 Å². The molecule has 11 heavy (non-hydrogen) atoms. The number of aryl methyl sites for hydroxylation is 1. The molecule has 0 N–H and O–H groups in total. The average Bonchev–Trinajstić information content (AvgIpc) is 2.05. The lowest BCUT2D eigenvalue weighted by molar-refractivity contribution is 0.961. The second kappa shape index (κ2) is 3.88. The van der Waals surface area contributed by atoms with E-state index in [9.17, 15) is 0 Å². The lowest BCUT2D eigenvalue weighted by Gasteiger charge is -1.99. The standard InChI is InChI=1S/C7H8Cl2N2/c1-2-6-7(9)10-4-5(3-8)11-6/h4H,2-3H2,1H3. The van der Waals surface area contributed by atoms with Crippen LogP contribution in [0, 0.1) is 0 Å². The maximum Gasteiger partial charge on any atom is 0.150 e. The van der Waals surface area contributed by atoms with Gasteiger partial charge in [-0.2, -0.15) is 0 Å². The van der Waals surface area contributed by atoms with Crippen molar-refractivity contribution in [2.24, 2.45) is 0 Å². The molecule has 0 saturated heterocycles. The average molecular weight is 191 g/mol. The van der Waals surface area contributed by atoms with E-state index in [1.807, 2.05) is 6.92 Å². The van der Waals surface area contributed by atoms with Crippen LogP contribution in [0.5, 0.6) is 0 Å². The van der Waals surface area contributed by atoms with Gasteiger partial charge in [0.05, 0.1) is 23.5 Å². The molecule has 0 radical (unpaired) electrons. The number of alkyl halides is 1. The highest BCUT2D eigenvalue weighted by atomic mass is 35.5. The van der Waals surface area contributed by atoms with Gasteiger partial charge in [-0.25, -0.2) is 4.98 Å². The molecular weight excluding hydrogens is 183 g/mol. The Morgan fingerprint density at radius 2 is 2.27 bits per heavy atom. The Kier molecular flexibility index (Phi) is 3.09. The lowest BCUT2D eigenvalue weighted by atomic mass is 10.3. The summed E-state index contributed by atoms with van der Waals surface area (Å²) >= 11 is 11.3. The molecule has 0 atom stereocenters. The second-order valence-electron chi connectivity index (χ2n) is 2.09. The molecule has 1 aromatic heterocycles. The van der Waals surface area contributed by atoms with Crippen molar-refractivity contribution in [2.45, 2.75) is 19.2 Å². The largest absolute Gasteiger partial charge is 0.252 e. The molecule has 0 aliphatic heterocycles. The van der Waals surface area contributed by atoms with E-state index in [0.29, 0.717) is 11.0 Å². The van der Waals surface area contributed by atoms with E-state index in [1.165, 1.54) is 0 Å². The smallest absolute Gasteiger partial charge is 0.150 e. The van der Waals surface area contributed by atoms with Gasteiger partial charge in [-0.15, -0.1) is 11.6 Å². The summed E-state index contributed by atoms with van der Waals surface area (Å²) in [7, 11) is 0. The molecular formula is C7H8Cl2N2. The molecule has 60 valence electrons. The van der Waals surface area contributed by atoms with Crippen molar-refractivity contribution in [3.05, 3.63) is 22.7 Å². The monoisotopic (exact) mass is 190 g/mol. The summed E-state index contributed by atoms with van der Waals surface area (Å²) in [6.07, 6.45) is 2.38. The Bertz CT molecular complexity index is 250. The van der Waals surface area contributed by atoms with Crippen LogP contribution in [-0.2, 0) is 12.3 Å². The maximum atomic E-state index is 5.74. The second-order valence-corrected chi connectivity index (χ2v) is 2.71. The van der Waals surface area contributed by atoms with Gasteiger partial charge in [-0.1, -0.05) is 18.5 Å². The first kappa shape index (κ1) is 8.75. The number of hydrogen-bond acceptors (Lipinski definition) is 2. The molecule has 0 saturated carbocycles. The van der Waals surface area contributed by atoms with Crippen molar-refractivity contribution in [3.63, 3.8) is 0 Å². The molecule has 0 aliphatic rings. The van der Waals surface area contributed by atoms with Gasteiger partial charge in [0, 0.05) is 0 Å². The molecule has 2 nitrogen and oxygen atoms in total. The fourth-order valence-corrected chi connectivity index (χ4v) is 1.10. The third kappa shape index (κ3) is 2.04. The lowest BCUT2D eigenvalue weighted by Crippen LogP contribution is -1.95. The van der Waals surface area contributed by atoms with Crippen LogP contribution in [0.15, 0.2) is 6.20 Å². The van der Waals surface area contributed by atoms with Crippen molar-refractivity contribution in [1.82, 2.24) is 9.97 Å². The van der Waals surface area contributed by atoms with Crippen LogP contribution in [0.25, 0.3) is 0 Å². The Balaban J connectivity index is 3.02.